The molecular weight excluding hydrogens is 452 g/mol. The smallest absolute Gasteiger partial charge is 0.169 e. The summed E-state index contributed by atoms with van der Waals surface area (Å²) in [4.78, 5) is 29.6. The van der Waals surface area contributed by atoms with Crippen LogP contribution in [0.2, 0.25) is 5.02 Å². The Morgan fingerprint density at radius 2 is 1.97 bits per heavy atom. The average molecular weight is 473 g/mol. The van der Waals surface area contributed by atoms with Gasteiger partial charge in [-0.2, -0.15) is 0 Å². The van der Waals surface area contributed by atoms with Crippen molar-refractivity contribution in [3.05, 3.63) is 83.2 Å². The van der Waals surface area contributed by atoms with Gasteiger partial charge in [-0.3, -0.25) is 4.79 Å². The van der Waals surface area contributed by atoms with Gasteiger partial charge in [-0.15, -0.1) is 0 Å². The Morgan fingerprint density at radius 1 is 1.15 bits per heavy atom. The summed E-state index contributed by atoms with van der Waals surface area (Å²) in [6.07, 6.45) is 3.99. The first kappa shape index (κ1) is 21.8. The number of hydrogen-bond acceptors (Lipinski definition) is 7. The first-order chi connectivity index (χ1) is 16.6. The Morgan fingerprint density at radius 3 is 2.74 bits per heavy atom. The molecule has 1 N–H and O–H groups in total. The van der Waals surface area contributed by atoms with Crippen molar-refractivity contribution in [3.8, 4) is 5.75 Å². The molecule has 0 aliphatic carbocycles. The predicted molar refractivity (Wildman–Crippen MR) is 132 cm³/mol. The molecule has 170 valence electrons. The number of fused-ring (bicyclic) bond motifs is 2. The highest BCUT2D eigenvalue weighted by molar-refractivity contribution is 6.36. The van der Waals surface area contributed by atoms with Gasteiger partial charge in [0.05, 0.1) is 36.7 Å². The fourth-order valence-corrected chi connectivity index (χ4v) is 4.21. The molecule has 8 nitrogen and oxygen atoms in total. The quantitative estimate of drug-likeness (QED) is 0.330. The van der Waals surface area contributed by atoms with Gasteiger partial charge in [0.2, 0.25) is 0 Å². The van der Waals surface area contributed by atoms with Gasteiger partial charge in [0.1, 0.15) is 23.3 Å². The second kappa shape index (κ2) is 9.07. The van der Waals surface area contributed by atoms with Crippen LogP contribution in [-0.4, -0.2) is 37.9 Å². The highest BCUT2D eigenvalue weighted by Crippen LogP contribution is 2.29. The molecule has 5 aromatic rings. The number of aromatic nitrogens is 5. The van der Waals surface area contributed by atoms with Crippen LogP contribution in [0.1, 0.15) is 34.7 Å². The molecule has 0 amide bonds. The Bertz CT molecular complexity index is 1500. The lowest BCUT2D eigenvalue weighted by Crippen LogP contribution is -2.12. The van der Waals surface area contributed by atoms with Crippen molar-refractivity contribution in [2.24, 2.45) is 0 Å². The summed E-state index contributed by atoms with van der Waals surface area (Å²) in [5.74, 6) is 1.40. The van der Waals surface area contributed by atoms with Gasteiger partial charge in [-0.25, -0.2) is 19.9 Å². The molecule has 0 aliphatic rings. The van der Waals surface area contributed by atoms with Crippen LogP contribution >= 0.6 is 11.6 Å². The molecule has 34 heavy (non-hydrogen) atoms. The molecule has 0 saturated heterocycles. The molecule has 3 heterocycles. The number of halogens is 1. The van der Waals surface area contributed by atoms with Gasteiger partial charge < -0.3 is 14.6 Å². The maximum Gasteiger partial charge on any atom is 0.169 e. The number of carbonyl (C=O) groups is 1. The largest absolute Gasteiger partial charge is 0.497 e. The predicted octanol–water partition coefficient (Wildman–Crippen LogP) is 5.07. The molecule has 1 atom stereocenters. The number of pyridine rings is 1. The van der Waals surface area contributed by atoms with E-state index in [4.69, 9.17) is 16.3 Å². The summed E-state index contributed by atoms with van der Waals surface area (Å²) in [7, 11) is 1.65. The minimum absolute atomic E-state index is 0.244. The van der Waals surface area contributed by atoms with Crippen molar-refractivity contribution >= 4 is 45.6 Å². The molecule has 2 aromatic carbocycles. The minimum Gasteiger partial charge on any atom is -0.497 e. The van der Waals surface area contributed by atoms with E-state index in [0.717, 1.165) is 23.0 Å². The Balaban J connectivity index is 1.44. The van der Waals surface area contributed by atoms with Crippen LogP contribution in [0.5, 0.6) is 5.75 Å². The summed E-state index contributed by atoms with van der Waals surface area (Å²) < 4.78 is 7.20. The van der Waals surface area contributed by atoms with Crippen LogP contribution in [0.4, 0.5) is 5.82 Å². The molecule has 1 unspecified atom stereocenters. The number of imidazole rings is 1. The molecule has 5 rings (SSSR count). The molecule has 0 radical (unpaired) electrons. The van der Waals surface area contributed by atoms with E-state index in [1.54, 1.807) is 19.5 Å². The van der Waals surface area contributed by atoms with E-state index in [9.17, 15) is 4.79 Å². The molecular formula is C25H21ClN6O2. The summed E-state index contributed by atoms with van der Waals surface area (Å²) in [6.45, 7) is 2.57. The van der Waals surface area contributed by atoms with Crippen LogP contribution < -0.4 is 10.1 Å². The number of carbonyl (C=O) groups excluding carboxylic acids is 1. The number of nitrogens with one attached hydrogen (secondary N) is 1. The van der Waals surface area contributed by atoms with Gasteiger partial charge in [-0.05, 0) is 42.1 Å². The number of ether oxygens (including phenoxy) is 1. The number of hydrogen-bond donors (Lipinski definition) is 1. The van der Waals surface area contributed by atoms with Crippen LogP contribution in [0.15, 0.2) is 61.2 Å². The zero-order valence-corrected chi connectivity index (χ0v) is 19.3. The van der Waals surface area contributed by atoms with Crippen molar-refractivity contribution in [1.82, 2.24) is 24.5 Å². The third-order valence-corrected chi connectivity index (χ3v) is 5.99. The van der Waals surface area contributed by atoms with Gasteiger partial charge in [0.15, 0.2) is 17.8 Å². The molecule has 0 bridgehead atoms. The third kappa shape index (κ3) is 4.04. The van der Waals surface area contributed by atoms with E-state index in [2.05, 4.69) is 25.3 Å². The fourth-order valence-electron chi connectivity index (χ4n) is 3.93. The van der Waals surface area contributed by atoms with E-state index in [1.165, 1.54) is 6.33 Å². The van der Waals surface area contributed by atoms with Crippen molar-refractivity contribution in [1.29, 1.82) is 0 Å². The molecule has 0 aliphatic heterocycles. The average Bonchev–Trinajstić information content (AvgIpc) is 3.27. The summed E-state index contributed by atoms with van der Waals surface area (Å²) in [6, 6.07) is 15.1. The number of aldehydes is 1. The molecule has 0 saturated carbocycles. The van der Waals surface area contributed by atoms with Crippen molar-refractivity contribution in [3.63, 3.8) is 0 Å². The maximum absolute atomic E-state index is 11.7. The molecule has 3 aromatic heterocycles. The SMILES string of the molecule is COc1ccc(Cn2cnc3c(NC(C)c4cc5cccc(Cl)c5c(C=O)n4)ncnc32)cc1. The van der Waals surface area contributed by atoms with E-state index in [1.807, 2.05) is 54.0 Å². The second-order valence-electron chi connectivity index (χ2n) is 7.87. The van der Waals surface area contributed by atoms with Crippen molar-refractivity contribution in [2.45, 2.75) is 19.5 Å². The van der Waals surface area contributed by atoms with Crippen LogP contribution in [0.25, 0.3) is 21.9 Å². The normalized spacial score (nSPS) is 12.1. The van der Waals surface area contributed by atoms with E-state index < -0.39 is 0 Å². The number of anilines is 1. The second-order valence-corrected chi connectivity index (χ2v) is 8.28. The van der Waals surface area contributed by atoms with E-state index >= 15 is 0 Å². The Hall–Kier alpha value is -4.04. The van der Waals surface area contributed by atoms with Crippen molar-refractivity contribution in [2.75, 3.05) is 12.4 Å². The number of methoxy groups -OCH3 is 1. The summed E-state index contributed by atoms with van der Waals surface area (Å²) in [5.41, 5.74) is 3.47. The lowest BCUT2D eigenvalue weighted by Gasteiger charge is -2.16. The highest BCUT2D eigenvalue weighted by atomic mass is 35.5. The monoisotopic (exact) mass is 472 g/mol. The van der Waals surface area contributed by atoms with Gasteiger partial charge in [0, 0.05) is 5.39 Å². The van der Waals surface area contributed by atoms with E-state index in [0.29, 0.717) is 45.3 Å². The van der Waals surface area contributed by atoms with Crippen LogP contribution in [-0.2, 0) is 6.54 Å². The summed E-state index contributed by atoms with van der Waals surface area (Å²) in [5, 5.41) is 5.37. The summed E-state index contributed by atoms with van der Waals surface area (Å²) >= 11 is 6.30. The molecule has 0 fully saturated rings. The Labute approximate surface area is 200 Å². The lowest BCUT2D eigenvalue weighted by molar-refractivity contribution is 0.112. The van der Waals surface area contributed by atoms with Gasteiger partial charge in [0.25, 0.3) is 0 Å². The number of nitrogens with zero attached hydrogens (tertiary/aromatic N) is 5. The number of rotatable bonds is 7. The highest BCUT2D eigenvalue weighted by Gasteiger charge is 2.17. The standard InChI is InChI=1S/C25H21ClN6O2/c1-15(20-10-17-4-3-5-19(26)22(17)21(12-33)31-20)30-24-23-25(28-13-27-24)32(14-29-23)11-16-6-8-18(34-2)9-7-16/h3-10,12-15H,11H2,1-2H3,(H,27,28,30). The first-order valence-corrected chi connectivity index (χ1v) is 11.0. The Kier molecular flexibility index (Phi) is 5.81. The van der Waals surface area contributed by atoms with Crippen molar-refractivity contribution < 1.29 is 9.53 Å². The van der Waals surface area contributed by atoms with E-state index in [-0.39, 0.29) is 6.04 Å². The fraction of sp³-hybridized carbons (Fsp3) is 0.160. The minimum atomic E-state index is -0.244. The molecule has 9 heteroatoms. The van der Waals surface area contributed by atoms with Crippen LogP contribution in [0.3, 0.4) is 0 Å². The third-order valence-electron chi connectivity index (χ3n) is 5.68. The zero-order chi connectivity index (χ0) is 23.7. The molecule has 0 spiro atoms. The number of benzene rings is 2. The van der Waals surface area contributed by atoms with Crippen LogP contribution in [0, 0.1) is 0 Å². The maximum atomic E-state index is 11.7. The zero-order valence-electron chi connectivity index (χ0n) is 18.6. The van der Waals surface area contributed by atoms with Gasteiger partial charge in [-0.1, -0.05) is 35.9 Å². The lowest BCUT2D eigenvalue weighted by atomic mass is 10.1. The van der Waals surface area contributed by atoms with Gasteiger partial charge >= 0.3 is 0 Å². The first-order valence-electron chi connectivity index (χ1n) is 10.7. The topological polar surface area (TPSA) is 94.8 Å².